The quantitative estimate of drug-likeness (QED) is 0.831. The summed E-state index contributed by atoms with van der Waals surface area (Å²) < 4.78 is 0. The van der Waals surface area contributed by atoms with Crippen LogP contribution in [0, 0.1) is 11.8 Å². The van der Waals surface area contributed by atoms with Gasteiger partial charge in [-0.25, -0.2) is 9.59 Å². The number of rotatable bonds is 2. The Morgan fingerprint density at radius 3 is 2.38 bits per heavy atom. The molecule has 120 valence electrons. The maximum Gasteiger partial charge on any atom is 0.326 e. The van der Waals surface area contributed by atoms with Gasteiger partial charge in [0.2, 0.25) is 0 Å². The van der Waals surface area contributed by atoms with Crippen molar-refractivity contribution in [3.8, 4) is 0 Å². The third-order valence-corrected chi connectivity index (χ3v) is 4.90. The first-order valence-electron chi connectivity index (χ1n) is 7.76. The SMILES string of the molecule is CC1CCN(C(=O)N2CC(C)C(N(C)C)C2)C(C(=O)O)C1. The van der Waals surface area contributed by atoms with Crippen LogP contribution in [0.1, 0.15) is 26.7 Å². The zero-order chi connectivity index (χ0) is 15.7. The van der Waals surface area contributed by atoms with E-state index in [0.717, 1.165) is 6.42 Å². The largest absolute Gasteiger partial charge is 0.480 e. The van der Waals surface area contributed by atoms with E-state index >= 15 is 0 Å². The number of carboxylic acids is 1. The Hall–Kier alpha value is -1.30. The number of likely N-dealkylation sites (N-methyl/N-ethyl adjacent to an activating group) is 1. The minimum absolute atomic E-state index is 0.106. The summed E-state index contributed by atoms with van der Waals surface area (Å²) in [4.78, 5) is 29.7. The smallest absolute Gasteiger partial charge is 0.326 e. The molecule has 2 heterocycles. The van der Waals surface area contributed by atoms with Gasteiger partial charge in [0.05, 0.1) is 0 Å². The molecule has 2 aliphatic rings. The molecule has 0 saturated carbocycles. The monoisotopic (exact) mass is 297 g/mol. The van der Waals surface area contributed by atoms with Crippen LogP contribution in [0.5, 0.6) is 0 Å². The van der Waals surface area contributed by atoms with Crippen LogP contribution in [0.3, 0.4) is 0 Å². The van der Waals surface area contributed by atoms with Crippen molar-refractivity contribution < 1.29 is 14.7 Å². The summed E-state index contributed by atoms with van der Waals surface area (Å²) in [5.74, 6) is -0.107. The molecule has 0 spiro atoms. The highest BCUT2D eigenvalue weighted by Crippen LogP contribution is 2.27. The number of carbonyl (C=O) groups is 2. The molecule has 4 unspecified atom stereocenters. The van der Waals surface area contributed by atoms with Crippen LogP contribution < -0.4 is 0 Å². The highest BCUT2D eigenvalue weighted by molar-refractivity contribution is 5.83. The molecule has 0 aromatic rings. The van der Waals surface area contributed by atoms with E-state index in [2.05, 4.69) is 18.7 Å². The lowest BCUT2D eigenvalue weighted by Gasteiger charge is -2.38. The van der Waals surface area contributed by atoms with Crippen molar-refractivity contribution in [2.45, 2.75) is 38.8 Å². The van der Waals surface area contributed by atoms with Crippen molar-refractivity contribution in [2.24, 2.45) is 11.8 Å². The van der Waals surface area contributed by atoms with E-state index in [1.54, 1.807) is 4.90 Å². The van der Waals surface area contributed by atoms with Crippen molar-refractivity contribution in [2.75, 3.05) is 33.7 Å². The number of carbonyl (C=O) groups excluding carboxylic acids is 1. The maximum absolute atomic E-state index is 12.7. The predicted octanol–water partition coefficient (Wildman–Crippen LogP) is 1.17. The van der Waals surface area contributed by atoms with Gasteiger partial charge in [0.25, 0.3) is 0 Å². The van der Waals surface area contributed by atoms with E-state index in [1.807, 2.05) is 19.0 Å². The molecule has 6 heteroatoms. The molecule has 6 nitrogen and oxygen atoms in total. The Bertz CT molecular complexity index is 413. The predicted molar refractivity (Wildman–Crippen MR) is 80.1 cm³/mol. The third kappa shape index (κ3) is 3.31. The Morgan fingerprint density at radius 2 is 1.86 bits per heavy atom. The molecular weight excluding hydrogens is 270 g/mol. The number of likely N-dealkylation sites (tertiary alicyclic amines) is 2. The van der Waals surface area contributed by atoms with Crippen LogP contribution >= 0.6 is 0 Å². The van der Waals surface area contributed by atoms with Crippen LogP contribution in [0.2, 0.25) is 0 Å². The summed E-state index contributed by atoms with van der Waals surface area (Å²) in [5.41, 5.74) is 0. The van der Waals surface area contributed by atoms with Gasteiger partial charge >= 0.3 is 12.0 Å². The number of amides is 2. The molecule has 1 N–H and O–H groups in total. The van der Waals surface area contributed by atoms with Gasteiger partial charge in [0.1, 0.15) is 6.04 Å². The first-order chi connectivity index (χ1) is 9.81. The van der Waals surface area contributed by atoms with Gasteiger partial charge in [0, 0.05) is 25.7 Å². The van der Waals surface area contributed by atoms with Gasteiger partial charge in [-0.2, -0.15) is 0 Å². The number of carboxylic acid groups (broad SMARTS) is 1. The van der Waals surface area contributed by atoms with Crippen molar-refractivity contribution in [3.05, 3.63) is 0 Å². The summed E-state index contributed by atoms with van der Waals surface area (Å²) >= 11 is 0. The van der Waals surface area contributed by atoms with Crippen LogP contribution in [0.15, 0.2) is 0 Å². The molecule has 0 aliphatic carbocycles. The van der Waals surface area contributed by atoms with Crippen LogP contribution in [-0.2, 0) is 4.79 Å². The number of hydrogen-bond acceptors (Lipinski definition) is 3. The Kier molecular flexibility index (Phi) is 4.76. The first kappa shape index (κ1) is 16.1. The summed E-state index contributed by atoms with van der Waals surface area (Å²) in [6, 6.07) is -0.429. The Morgan fingerprint density at radius 1 is 1.19 bits per heavy atom. The van der Waals surface area contributed by atoms with E-state index < -0.39 is 12.0 Å². The number of nitrogens with zero attached hydrogens (tertiary/aromatic N) is 3. The van der Waals surface area contributed by atoms with Gasteiger partial charge < -0.3 is 19.8 Å². The molecule has 2 rings (SSSR count). The highest BCUT2D eigenvalue weighted by Gasteiger charge is 2.40. The molecule has 0 aromatic carbocycles. The van der Waals surface area contributed by atoms with Crippen molar-refractivity contribution in [3.63, 3.8) is 0 Å². The standard InChI is InChI=1S/C15H27N3O3/c1-10-5-6-18(12(7-10)14(19)20)15(21)17-8-11(2)13(9-17)16(3)4/h10-13H,5-9H2,1-4H3,(H,19,20). The number of piperidine rings is 1. The van der Waals surface area contributed by atoms with Gasteiger partial charge in [-0.1, -0.05) is 13.8 Å². The molecule has 0 aromatic heterocycles. The van der Waals surface area contributed by atoms with Crippen molar-refractivity contribution in [1.29, 1.82) is 0 Å². The summed E-state index contributed by atoms with van der Waals surface area (Å²) in [7, 11) is 4.05. The molecule has 0 bridgehead atoms. The lowest BCUT2D eigenvalue weighted by Crippen LogP contribution is -2.54. The minimum atomic E-state index is -0.883. The average molecular weight is 297 g/mol. The lowest BCUT2D eigenvalue weighted by molar-refractivity contribution is -0.144. The molecule has 2 amide bonds. The highest BCUT2D eigenvalue weighted by atomic mass is 16.4. The molecule has 2 saturated heterocycles. The average Bonchev–Trinajstić information content (AvgIpc) is 2.80. The Balaban J connectivity index is 2.07. The van der Waals surface area contributed by atoms with Gasteiger partial charge in [-0.3, -0.25) is 0 Å². The van der Waals surface area contributed by atoms with E-state index in [0.29, 0.717) is 43.9 Å². The second-order valence-corrected chi connectivity index (χ2v) is 6.87. The maximum atomic E-state index is 12.7. The second-order valence-electron chi connectivity index (χ2n) is 6.87. The summed E-state index contributed by atoms with van der Waals surface area (Å²) in [6.07, 6.45) is 1.44. The number of aliphatic carboxylic acids is 1. The number of hydrogen-bond donors (Lipinski definition) is 1. The fourth-order valence-corrected chi connectivity index (χ4v) is 3.56. The van der Waals surface area contributed by atoms with E-state index in [4.69, 9.17) is 0 Å². The topological polar surface area (TPSA) is 64.1 Å². The Labute approximate surface area is 126 Å². The molecule has 0 radical (unpaired) electrons. The molecule has 2 fully saturated rings. The molecule has 2 aliphatic heterocycles. The molecule has 4 atom stereocenters. The fraction of sp³-hybridized carbons (Fsp3) is 0.867. The lowest BCUT2D eigenvalue weighted by atomic mass is 9.93. The third-order valence-electron chi connectivity index (χ3n) is 4.90. The molecule has 21 heavy (non-hydrogen) atoms. The van der Waals surface area contributed by atoms with E-state index in [1.165, 1.54) is 0 Å². The first-order valence-corrected chi connectivity index (χ1v) is 7.76. The summed E-state index contributed by atoms with van der Waals surface area (Å²) in [5, 5.41) is 9.39. The normalized spacial score (nSPS) is 33.6. The van der Waals surface area contributed by atoms with Crippen LogP contribution in [0.4, 0.5) is 4.79 Å². The van der Waals surface area contributed by atoms with Crippen molar-refractivity contribution in [1.82, 2.24) is 14.7 Å². The van der Waals surface area contributed by atoms with E-state index in [9.17, 15) is 14.7 Å². The van der Waals surface area contributed by atoms with Crippen LogP contribution in [0.25, 0.3) is 0 Å². The minimum Gasteiger partial charge on any atom is -0.480 e. The number of urea groups is 1. The van der Waals surface area contributed by atoms with Gasteiger partial charge in [0.15, 0.2) is 0 Å². The summed E-state index contributed by atoms with van der Waals surface area (Å²) in [6.45, 7) is 6.14. The zero-order valence-corrected chi connectivity index (χ0v) is 13.5. The van der Waals surface area contributed by atoms with Gasteiger partial charge in [-0.15, -0.1) is 0 Å². The second kappa shape index (κ2) is 6.22. The zero-order valence-electron chi connectivity index (χ0n) is 13.5. The van der Waals surface area contributed by atoms with Gasteiger partial charge in [-0.05, 0) is 38.8 Å². The van der Waals surface area contributed by atoms with E-state index in [-0.39, 0.29) is 6.03 Å². The molecular formula is C15H27N3O3. The fourth-order valence-electron chi connectivity index (χ4n) is 3.56. The van der Waals surface area contributed by atoms with Crippen molar-refractivity contribution >= 4 is 12.0 Å². The van der Waals surface area contributed by atoms with Crippen LogP contribution in [-0.4, -0.2) is 77.6 Å².